The number of halogens is 3. The van der Waals surface area contributed by atoms with Crippen molar-refractivity contribution in [1.82, 2.24) is 20.1 Å². The molecule has 31 heavy (non-hydrogen) atoms. The Morgan fingerprint density at radius 1 is 1.26 bits per heavy atom. The number of fused-ring (bicyclic) bond motifs is 2. The quantitative estimate of drug-likeness (QED) is 0.773. The molecule has 2 amide bonds. The predicted octanol–water partition coefficient (Wildman–Crippen LogP) is 2.37. The smallest absolute Gasteiger partial charge is 0.354 e. The second kappa shape index (κ2) is 7.46. The van der Waals surface area contributed by atoms with Crippen molar-refractivity contribution in [2.75, 3.05) is 26.2 Å². The highest BCUT2D eigenvalue weighted by Gasteiger charge is 2.57. The molecule has 1 aromatic heterocycles. The van der Waals surface area contributed by atoms with Crippen molar-refractivity contribution in [2.24, 2.45) is 11.3 Å². The van der Waals surface area contributed by atoms with Crippen molar-refractivity contribution < 1.29 is 22.8 Å². The zero-order valence-electron chi connectivity index (χ0n) is 17.4. The standard InChI is InChI=1S/C22H27F3N4O2/c23-22(24,25)16-8-14-12-29(6-3-18(14)27-11-16)20(31)21-4-1-2-15(21)9-17(10-21)28-7-5-26-19(30)13-28/h8,11,15,17H,1-7,9-10,12-13H2,(H,26,30)/t15-,17+,21-/m1/s1. The van der Waals surface area contributed by atoms with Crippen LogP contribution in [0.1, 0.15) is 48.9 Å². The second-order valence-corrected chi connectivity index (χ2v) is 9.46. The van der Waals surface area contributed by atoms with Gasteiger partial charge in [0.15, 0.2) is 0 Å². The summed E-state index contributed by atoms with van der Waals surface area (Å²) in [5.41, 5.74) is -0.0453. The van der Waals surface area contributed by atoms with E-state index in [0.29, 0.717) is 37.3 Å². The molecule has 0 radical (unpaired) electrons. The van der Waals surface area contributed by atoms with Crippen LogP contribution < -0.4 is 5.32 Å². The van der Waals surface area contributed by atoms with Crippen molar-refractivity contribution >= 4 is 11.8 Å². The van der Waals surface area contributed by atoms with E-state index in [1.807, 2.05) is 0 Å². The maximum Gasteiger partial charge on any atom is 0.417 e. The minimum Gasteiger partial charge on any atom is -0.354 e. The molecule has 0 unspecified atom stereocenters. The fourth-order valence-electron chi connectivity index (χ4n) is 6.28. The highest BCUT2D eigenvalue weighted by molar-refractivity contribution is 5.84. The summed E-state index contributed by atoms with van der Waals surface area (Å²) >= 11 is 0. The molecule has 1 N–H and O–H groups in total. The van der Waals surface area contributed by atoms with Gasteiger partial charge in [-0.15, -0.1) is 0 Å². The van der Waals surface area contributed by atoms with Crippen molar-refractivity contribution in [1.29, 1.82) is 0 Å². The summed E-state index contributed by atoms with van der Waals surface area (Å²) in [6.45, 7) is 2.51. The first kappa shape index (κ1) is 20.7. The molecule has 5 rings (SSSR count). The lowest BCUT2D eigenvalue weighted by atomic mass is 9.78. The highest BCUT2D eigenvalue weighted by Crippen LogP contribution is 2.56. The molecule has 3 heterocycles. The third-order valence-electron chi connectivity index (χ3n) is 7.78. The number of amides is 2. The van der Waals surface area contributed by atoms with Crippen LogP contribution in [-0.2, 0) is 28.7 Å². The zero-order chi connectivity index (χ0) is 21.8. The average Bonchev–Trinajstić information content (AvgIpc) is 3.30. The van der Waals surface area contributed by atoms with E-state index >= 15 is 0 Å². The van der Waals surface area contributed by atoms with E-state index < -0.39 is 17.2 Å². The normalized spacial score (nSPS) is 31.3. The van der Waals surface area contributed by atoms with Crippen molar-refractivity contribution in [3.8, 4) is 0 Å². The number of alkyl halides is 3. The Hall–Kier alpha value is -2.16. The van der Waals surface area contributed by atoms with Gasteiger partial charge < -0.3 is 10.2 Å². The number of pyridine rings is 1. The first-order valence-corrected chi connectivity index (χ1v) is 11.1. The van der Waals surface area contributed by atoms with Gasteiger partial charge in [0.25, 0.3) is 0 Å². The monoisotopic (exact) mass is 436 g/mol. The summed E-state index contributed by atoms with van der Waals surface area (Å²) in [7, 11) is 0. The molecule has 0 bridgehead atoms. The molecule has 4 aliphatic rings. The lowest BCUT2D eigenvalue weighted by molar-refractivity contribution is -0.144. The van der Waals surface area contributed by atoms with Crippen LogP contribution in [0.2, 0.25) is 0 Å². The number of rotatable bonds is 2. The molecule has 1 saturated heterocycles. The van der Waals surface area contributed by atoms with Gasteiger partial charge in [0, 0.05) is 50.5 Å². The Morgan fingerprint density at radius 3 is 2.87 bits per heavy atom. The van der Waals surface area contributed by atoms with E-state index in [2.05, 4.69) is 15.2 Å². The number of carbonyl (C=O) groups is 2. The molecule has 9 heteroatoms. The van der Waals surface area contributed by atoms with Crippen molar-refractivity contribution in [3.05, 3.63) is 29.1 Å². The van der Waals surface area contributed by atoms with Gasteiger partial charge >= 0.3 is 6.18 Å². The van der Waals surface area contributed by atoms with Crippen LogP contribution in [0, 0.1) is 11.3 Å². The molecular weight excluding hydrogens is 409 g/mol. The molecule has 6 nitrogen and oxygen atoms in total. The lowest BCUT2D eigenvalue weighted by Crippen LogP contribution is -2.52. The SMILES string of the molecule is O=C1CN([C@H]2C[C@H]3CCC[C@@]3(C(=O)N3CCc4ncc(C(F)(F)F)cc4C3)C2)CCN1. The molecule has 2 aliphatic carbocycles. The average molecular weight is 436 g/mol. The molecule has 2 aliphatic heterocycles. The van der Waals surface area contributed by atoms with Crippen LogP contribution in [0.4, 0.5) is 13.2 Å². The fraction of sp³-hybridized carbons (Fsp3) is 0.682. The fourth-order valence-corrected chi connectivity index (χ4v) is 6.28. The van der Waals surface area contributed by atoms with Gasteiger partial charge in [-0.05, 0) is 43.2 Å². The minimum absolute atomic E-state index is 0.0318. The number of hydrogen-bond donors (Lipinski definition) is 1. The number of nitrogens with zero attached hydrogens (tertiary/aromatic N) is 3. The highest BCUT2D eigenvalue weighted by atomic mass is 19.4. The molecule has 168 valence electrons. The summed E-state index contributed by atoms with van der Waals surface area (Å²) in [4.78, 5) is 33.6. The second-order valence-electron chi connectivity index (χ2n) is 9.46. The van der Waals surface area contributed by atoms with Crippen LogP contribution in [0.25, 0.3) is 0 Å². The molecule has 0 aromatic carbocycles. The molecule has 0 spiro atoms. The van der Waals surface area contributed by atoms with Crippen LogP contribution >= 0.6 is 0 Å². The molecule has 3 fully saturated rings. The number of nitrogens with one attached hydrogen (secondary N) is 1. The van der Waals surface area contributed by atoms with E-state index in [1.165, 1.54) is 0 Å². The van der Waals surface area contributed by atoms with Gasteiger partial charge in [-0.3, -0.25) is 19.5 Å². The Bertz CT molecular complexity index is 905. The number of aromatic nitrogens is 1. The van der Waals surface area contributed by atoms with Crippen LogP contribution in [0.3, 0.4) is 0 Å². The summed E-state index contributed by atoms with van der Waals surface area (Å²) in [6, 6.07) is 1.37. The van der Waals surface area contributed by atoms with Crippen LogP contribution in [0.5, 0.6) is 0 Å². The largest absolute Gasteiger partial charge is 0.417 e. The summed E-state index contributed by atoms with van der Waals surface area (Å²) in [6.07, 6.45) is 1.44. The van der Waals surface area contributed by atoms with Crippen molar-refractivity contribution in [2.45, 2.75) is 57.3 Å². The minimum atomic E-state index is -4.44. The van der Waals surface area contributed by atoms with E-state index in [1.54, 1.807) is 4.90 Å². The topological polar surface area (TPSA) is 65.5 Å². The van der Waals surface area contributed by atoms with E-state index in [9.17, 15) is 22.8 Å². The van der Waals surface area contributed by atoms with E-state index in [-0.39, 0.29) is 30.3 Å². The zero-order valence-corrected chi connectivity index (χ0v) is 17.4. The van der Waals surface area contributed by atoms with Gasteiger partial charge in [-0.1, -0.05) is 6.42 Å². The first-order chi connectivity index (χ1) is 14.8. The van der Waals surface area contributed by atoms with Crippen LogP contribution in [-0.4, -0.2) is 58.8 Å². The summed E-state index contributed by atoms with van der Waals surface area (Å²) < 4.78 is 39.4. The van der Waals surface area contributed by atoms with Crippen molar-refractivity contribution in [3.63, 3.8) is 0 Å². The predicted molar refractivity (Wildman–Crippen MR) is 106 cm³/mol. The van der Waals surface area contributed by atoms with Gasteiger partial charge in [-0.2, -0.15) is 13.2 Å². The van der Waals surface area contributed by atoms with Gasteiger partial charge in [-0.25, -0.2) is 0 Å². The Balaban J connectivity index is 1.35. The number of carbonyl (C=O) groups excluding carboxylic acids is 2. The first-order valence-electron chi connectivity index (χ1n) is 11.1. The van der Waals surface area contributed by atoms with E-state index in [0.717, 1.165) is 50.9 Å². The van der Waals surface area contributed by atoms with Gasteiger partial charge in [0.05, 0.1) is 17.5 Å². The van der Waals surface area contributed by atoms with Crippen LogP contribution in [0.15, 0.2) is 12.3 Å². The molecule has 1 aromatic rings. The number of piperazine rings is 1. The molecular formula is C22H27F3N4O2. The van der Waals surface area contributed by atoms with Gasteiger partial charge in [0.2, 0.25) is 11.8 Å². The van der Waals surface area contributed by atoms with E-state index in [4.69, 9.17) is 0 Å². The summed E-state index contributed by atoms with van der Waals surface area (Å²) in [5.74, 6) is 0.405. The Labute approximate surface area is 179 Å². The summed E-state index contributed by atoms with van der Waals surface area (Å²) in [5, 5.41) is 2.85. The Morgan fingerprint density at radius 2 is 2.10 bits per heavy atom. The molecule has 2 saturated carbocycles. The third-order valence-corrected chi connectivity index (χ3v) is 7.78. The molecule has 3 atom stereocenters. The maximum absolute atomic E-state index is 13.8. The number of hydrogen-bond acceptors (Lipinski definition) is 4. The Kier molecular flexibility index (Phi) is 4.99. The maximum atomic E-state index is 13.8. The lowest BCUT2D eigenvalue weighted by Gasteiger charge is -2.38. The third kappa shape index (κ3) is 3.60. The van der Waals surface area contributed by atoms with Gasteiger partial charge in [0.1, 0.15) is 0 Å².